The second kappa shape index (κ2) is 5.58. The molecule has 1 aliphatic rings. The molecule has 0 aliphatic heterocycles. The minimum Gasteiger partial charge on any atom is -0.396 e. The van der Waals surface area contributed by atoms with Crippen LogP contribution >= 0.6 is 0 Å². The Hall–Kier alpha value is -0.120. The molecule has 0 aromatic heterocycles. The van der Waals surface area contributed by atoms with Gasteiger partial charge in [0.2, 0.25) is 0 Å². The molecule has 3 nitrogen and oxygen atoms in total. The Bertz CT molecular complexity index is 137. The molecule has 3 atom stereocenters. The molecule has 1 rings (SSSR count). The smallest absolute Gasteiger partial charge is 0.0474 e. The Morgan fingerprint density at radius 3 is 2.85 bits per heavy atom. The predicted octanol–water partition coefficient (Wildman–Crippen LogP) is 0.474. The van der Waals surface area contributed by atoms with Gasteiger partial charge in [0, 0.05) is 25.2 Å². The van der Waals surface area contributed by atoms with Gasteiger partial charge >= 0.3 is 0 Å². The maximum atomic E-state index is 9.12. The maximum absolute atomic E-state index is 9.12. The number of aliphatic hydroxyl groups excluding tert-OH is 1. The van der Waals surface area contributed by atoms with Gasteiger partial charge < -0.3 is 16.2 Å². The van der Waals surface area contributed by atoms with Crippen LogP contribution in [0.2, 0.25) is 0 Å². The summed E-state index contributed by atoms with van der Waals surface area (Å²) in [4.78, 5) is 0. The molecule has 13 heavy (non-hydrogen) atoms. The van der Waals surface area contributed by atoms with E-state index in [4.69, 9.17) is 10.8 Å². The van der Waals surface area contributed by atoms with Crippen LogP contribution in [-0.2, 0) is 0 Å². The van der Waals surface area contributed by atoms with E-state index >= 15 is 0 Å². The minimum absolute atomic E-state index is 0.318. The van der Waals surface area contributed by atoms with Gasteiger partial charge in [0.15, 0.2) is 0 Å². The lowest BCUT2D eigenvalue weighted by atomic mass is 10.0. The highest BCUT2D eigenvalue weighted by Crippen LogP contribution is 2.25. The number of hydrogen-bond acceptors (Lipinski definition) is 3. The van der Waals surface area contributed by atoms with Gasteiger partial charge in [-0.25, -0.2) is 0 Å². The van der Waals surface area contributed by atoms with E-state index in [1.165, 1.54) is 12.8 Å². The quantitative estimate of drug-likeness (QED) is 0.585. The maximum Gasteiger partial charge on any atom is 0.0474 e. The summed E-state index contributed by atoms with van der Waals surface area (Å²) in [6, 6.07) is 0.927. The monoisotopic (exact) mass is 186 g/mol. The van der Waals surface area contributed by atoms with Crippen molar-refractivity contribution in [1.82, 2.24) is 5.32 Å². The van der Waals surface area contributed by atoms with Crippen LogP contribution in [0.25, 0.3) is 0 Å². The van der Waals surface area contributed by atoms with Crippen molar-refractivity contribution in [3.8, 4) is 0 Å². The van der Waals surface area contributed by atoms with Crippen molar-refractivity contribution >= 4 is 0 Å². The normalized spacial score (nSPS) is 30.7. The summed E-state index contributed by atoms with van der Waals surface area (Å²) in [6.07, 6.45) is 4.67. The van der Waals surface area contributed by atoms with Crippen LogP contribution in [0, 0.1) is 5.92 Å². The molecule has 1 aliphatic carbocycles. The Balaban J connectivity index is 2.33. The van der Waals surface area contributed by atoms with Gasteiger partial charge in [-0.3, -0.25) is 0 Å². The van der Waals surface area contributed by atoms with Crippen LogP contribution < -0.4 is 11.1 Å². The highest BCUT2D eigenvalue weighted by Gasteiger charge is 2.27. The van der Waals surface area contributed by atoms with Crippen LogP contribution in [0.4, 0.5) is 0 Å². The third-order valence-electron chi connectivity index (χ3n) is 3.12. The van der Waals surface area contributed by atoms with Gasteiger partial charge in [-0.2, -0.15) is 0 Å². The highest BCUT2D eigenvalue weighted by atomic mass is 16.3. The lowest BCUT2D eigenvalue weighted by Gasteiger charge is -2.24. The molecule has 3 heteroatoms. The standard InChI is InChI=1S/C10H22N2O/c1-2-9(6-11)12-10-5-3-4-8(10)7-13/h8-10,12-13H,2-7,11H2,1H3. The fourth-order valence-corrected chi connectivity index (χ4v) is 2.13. The molecular formula is C10H22N2O. The van der Waals surface area contributed by atoms with Gasteiger partial charge in [0.05, 0.1) is 0 Å². The first-order valence-electron chi connectivity index (χ1n) is 5.38. The van der Waals surface area contributed by atoms with Crippen molar-refractivity contribution in [2.45, 2.75) is 44.7 Å². The molecule has 0 aromatic carbocycles. The number of nitrogens with one attached hydrogen (secondary N) is 1. The molecule has 0 bridgehead atoms. The zero-order valence-corrected chi connectivity index (χ0v) is 8.50. The average Bonchev–Trinajstić information content (AvgIpc) is 2.61. The first-order valence-corrected chi connectivity index (χ1v) is 5.38. The van der Waals surface area contributed by atoms with E-state index in [-0.39, 0.29) is 0 Å². The number of rotatable bonds is 5. The Kier molecular flexibility index (Phi) is 4.70. The summed E-state index contributed by atoms with van der Waals surface area (Å²) in [5.41, 5.74) is 5.62. The van der Waals surface area contributed by atoms with Crippen molar-refractivity contribution in [2.24, 2.45) is 11.7 Å². The molecular weight excluding hydrogens is 164 g/mol. The molecule has 1 fully saturated rings. The van der Waals surface area contributed by atoms with E-state index in [1.807, 2.05) is 0 Å². The molecule has 0 radical (unpaired) electrons. The largest absolute Gasteiger partial charge is 0.396 e. The van der Waals surface area contributed by atoms with E-state index in [0.29, 0.717) is 31.2 Å². The fraction of sp³-hybridized carbons (Fsp3) is 1.00. The lowest BCUT2D eigenvalue weighted by molar-refractivity contribution is 0.199. The van der Waals surface area contributed by atoms with E-state index in [0.717, 1.165) is 12.8 Å². The van der Waals surface area contributed by atoms with Crippen LogP contribution in [-0.4, -0.2) is 30.3 Å². The van der Waals surface area contributed by atoms with Crippen molar-refractivity contribution < 1.29 is 5.11 Å². The van der Waals surface area contributed by atoms with Gasteiger partial charge in [0.1, 0.15) is 0 Å². The number of hydrogen-bond donors (Lipinski definition) is 3. The van der Waals surface area contributed by atoms with Crippen LogP contribution in [0.3, 0.4) is 0 Å². The van der Waals surface area contributed by atoms with Crippen molar-refractivity contribution in [3.05, 3.63) is 0 Å². The van der Waals surface area contributed by atoms with Gasteiger partial charge in [-0.15, -0.1) is 0 Å². The predicted molar refractivity (Wildman–Crippen MR) is 54.5 cm³/mol. The number of aliphatic hydroxyl groups is 1. The first-order chi connectivity index (χ1) is 6.31. The van der Waals surface area contributed by atoms with Crippen LogP contribution in [0.1, 0.15) is 32.6 Å². The average molecular weight is 186 g/mol. The second-order valence-electron chi connectivity index (χ2n) is 3.99. The molecule has 0 spiro atoms. The number of nitrogens with two attached hydrogens (primary N) is 1. The van der Waals surface area contributed by atoms with E-state index in [9.17, 15) is 0 Å². The fourth-order valence-electron chi connectivity index (χ4n) is 2.13. The van der Waals surface area contributed by atoms with Crippen LogP contribution in [0.5, 0.6) is 0 Å². The molecule has 0 heterocycles. The highest BCUT2D eigenvalue weighted by molar-refractivity contribution is 4.85. The van der Waals surface area contributed by atoms with E-state index in [2.05, 4.69) is 12.2 Å². The molecule has 78 valence electrons. The summed E-state index contributed by atoms with van der Waals surface area (Å²) in [6.45, 7) is 3.16. The molecule has 0 saturated heterocycles. The SMILES string of the molecule is CCC(CN)NC1CCCC1CO. The van der Waals surface area contributed by atoms with Crippen LogP contribution in [0.15, 0.2) is 0 Å². The lowest BCUT2D eigenvalue weighted by Crippen LogP contribution is -2.44. The Labute approximate surface area is 80.7 Å². The van der Waals surface area contributed by atoms with Crippen molar-refractivity contribution in [3.63, 3.8) is 0 Å². The topological polar surface area (TPSA) is 58.3 Å². The summed E-state index contributed by atoms with van der Waals surface area (Å²) in [5, 5.41) is 12.7. The van der Waals surface area contributed by atoms with Crippen molar-refractivity contribution in [2.75, 3.05) is 13.2 Å². The molecule has 1 saturated carbocycles. The zero-order valence-electron chi connectivity index (χ0n) is 8.50. The van der Waals surface area contributed by atoms with Gasteiger partial charge in [-0.05, 0) is 25.2 Å². The van der Waals surface area contributed by atoms with E-state index in [1.54, 1.807) is 0 Å². The molecule has 0 aromatic rings. The van der Waals surface area contributed by atoms with Crippen molar-refractivity contribution in [1.29, 1.82) is 0 Å². The first kappa shape index (κ1) is 11.0. The summed E-state index contributed by atoms with van der Waals surface area (Å²) in [5.74, 6) is 0.459. The Morgan fingerprint density at radius 1 is 1.54 bits per heavy atom. The summed E-state index contributed by atoms with van der Waals surface area (Å²) in [7, 11) is 0. The summed E-state index contributed by atoms with van der Waals surface area (Å²) >= 11 is 0. The molecule has 4 N–H and O–H groups in total. The van der Waals surface area contributed by atoms with Gasteiger partial charge in [0.25, 0.3) is 0 Å². The molecule has 0 amide bonds. The molecule has 3 unspecified atom stereocenters. The Morgan fingerprint density at radius 2 is 2.31 bits per heavy atom. The summed E-state index contributed by atoms with van der Waals surface area (Å²) < 4.78 is 0. The minimum atomic E-state index is 0.318. The van der Waals surface area contributed by atoms with E-state index < -0.39 is 0 Å². The zero-order chi connectivity index (χ0) is 9.68. The van der Waals surface area contributed by atoms with Gasteiger partial charge in [-0.1, -0.05) is 13.3 Å². The second-order valence-corrected chi connectivity index (χ2v) is 3.99. The third kappa shape index (κ3) is 2.93. The third-order valence-corrected chi connectivity index (χ3v) is 3.12.